The number of esters is 1. The Labute approximate surface area is 116 Å². The minimum absolute atomic E-state index is 0.213. The Hall–Kier alpha value is -2.28. The maximum absolute atomic E-state index is 13.8. The molecule has 5 nitrogen and oxygen atoms in total. The van der Waals surface area contributed by atoms with Gasteiger partial charge in [0.1, 0.15) is 17.1 Å². The second kappa shape index (κ2) is 4.68. The molecule has 1 aromatic carbocycles. The molecule has 0 radical (unpaired) electrons. The molecule has 0 N–H and O–H groups in total. The van der Waals surface area contributed by atoms with Crippen LogP contribution in [-0.2, 0) is 16.1 Å². The third-order valence-corrected chi connectivity index (χ3v) is 4.08. The van der Waals surface area contributed by atoms with Crippen molar-refractivity contribution in [2.75, 3.05) is 7.11 Å². The normalized spacial score (nSPS) is 11.1. The van der Waals surface area contributed by atoms with Gasteiger partial charge in [0.25, 0.3) is 5.56 Å². The lowest BCUT2D eigenvalue weighted by Crippen LogP contribution is -2.24. The quantitative estimate of drug-likeness (QED) is 0.677. The van der Waals surface area contributed by atoms with E-state index in [1.54, 1.807) is 12.1 Å². The number of rotatable bonds is 2. The summed E-state index contributed by atoms with van der Waals surface area (Å²) in [4.78, 5) is 27.6. The molecule has 0 saturated carbocycles. The van der Waals surface area contributed by atoms with Crippen molar-refractivity contribution in [3.8, 4) is 0 Å². The first-order chi connectivity index (χ1) is 9.61. The molecule has 2 aromatic heterocycles. The molecule has 0 unspecified atom stereocenters. The van der Waals surface area contributed by atoms with Crippen LogP contribution < -0.4 is 5.56 Å². The van der Waals surface area contributed by atoms with Crippen molar-refractivity contribution in [2.45, 2.75) is 6.54 Å². The molecule has 0 fully saturated rings. The third kappa shape index (κ3) is 1.87. The standard InChI is InChI=1S/C13H9FN2O3S/c1-19-9(17)5-16-6-15-11-10-7(14)3-2-4-8(10)20-12(11)13(16)18/h2-4,6H,5H2,1H3. The monoisotopic (exact) mass is 292 g/mol. The van der Waals surface area contributed by atoms with Crippen LogP contribution in [0.3, 0.4) is 0 Å². The van der Waals surface area contributed by atoms with E-state index in [0.29, 0.717) is 20.3 Å². The summed E-state index contributed by atoms with van der Waals surface area (Å²) in [6.07, 6.45) is 1.24. The maximum atomic E-state index is 13.8. The number of methoxy groups -OCH3 is 1. The van der Waals surface area contributed by atoms with Gasteiger partial charge in [0.15, 0.2) is 0 Å². The van der Waals surface area contributed by atoms with Crippen LogP contribution in [0.1, 0.15) is 0 Å². The first kappa shape index (κ1) is 12.7. The first-order valence-corrected chi connectivity index (χ1v) is 6.56. The average Bonchev–Trinajstić information content (AvgIpc) is 2.82. The Bertz CT molecular complexity index is 884. The van der Waals surface area contributed by atoms with Crippen LogP contribution in [0.5, 0.6) is 0 Å². The predicted molar refractivity (Wildman–Crippen MR) is 73.4 cm³/mol. The third-order valence-electron chi connectivity index (χ3n) is 2.95. The molecule has 7 heteroatoms. The number of nitrogens with zero attached hydrogens (tertiary/aromatic N) is 2. The van der Waals surface area contributed by atoms with Crippen molar-refractivity contribution in [3.05, 3.63) is 40.7 Å². The number of ether oxygens (including phenoxy) is 1. The van der Waals surface area contributed by atoms with E-state index in [0.717, 1.165) is 15.9 Å². The van der Waals surface area contributed by atoms with E-state index in [1.807, 2.05) is 0 Å². The number of carbonyl (C=O) groups excluding carboxylic acids is 1. The largest absolute Gasteiger partial charge is 0.468 e. The lowest BCUT2D eigenvalue weighted by molar-refractivity contribution is -0.141. The van der Waals surface area contributed by atoms with E-state index >= 15 is 0 Å². The van der Waals surface area contributed by atoms with Crippen LogP contribution in [0, 0.1) is 5.82 Å². The highest BCUT2D eigenvalue weighted by molar-refractivity contribution is 7.25. The van der Waals surface area contributed by atoms with E-state index < -0.39 is 11.8 Å². The summed E-state index contributed by atoms with van der Waals surface area (Å²) in [6, 6.07) is 4.64. The van der Waals surface area contributed by atoms with Crippen LogP contribution in [0.15, 0.2) is 29.3 Å². The lowest BCUT2D eigenvalue weighted by atomic mass is 10.2. The number of aromatic nitrogens is 2. The van der Waals surface area contributed by atoms with Crippen LogP contribution in [0.4, 0.5) is 4.39 Å². The fraction of sp³-hybridized carbons (Fsp3) is 0.154. The number of halogens is 1. The minimum atomic E-state index is -0.541. The highest BCUT2D eigenvalue weighted by Crippen LogP contribution is 2.31. The molecule has 0 atom stereocenters. The van der Waals surface area contributed by atoms with Gasteiger partial charge in [-0.25, -0.2) is 9.37 Å². The van der Waals surface area contributed by atoms with Gasteiger partial charge in [-0.2, -0.15) is 0 Å². The van der Waals surface area contributed by atoms with Crippen molar-refractivity contribution >= 4 is 37.6 Å². The van der Waals surface area contributed by atoms with Gasteiger partial charge in [0.05, 0.1) is 24.3 Å². The summed E-state index contributed by atoms with van der Waals surface area (Å²) in [5, 5.41) is 0.342. The average molecular weight is 292 g/mol. The maximum Gasteiger partial charge on any atom is 0.325 e. The highest BCUT2D eigenvalue weighted by atomic mass is 32.1. The Morgan fingerprint density at radius 3 is 3.05 bits per heavy atom. The molecule has 0 amide bonds. The van der Waals surface area contributed by atoms with Gasteiger partial charge in [-0.05, 0) is 12.1 Å². The number of fused-ring (bicyclic) bond motifs is 3. The first-order valence-electron chi connectivity index (χ1n) is 5.75. The van der Waals surface area contributed by atoms with E-state index in [1.165, 1.54) is 19.5 Å². The second-order valence-electron chi connectivity index (χ2n) is 4.15. The molecule has 3 aromatic rings. The Balaban J connectivity index is 2.29. The van der Waals surface area contributed by atoms with Crippen LogP contribution in [-0.4, -0.2) is 22.6 Å². The van der Waals surface area contributed by atoms with Gasteiger partial charge in [-0.1, -0.05) is 6.07 Å². The van der Waals surface area contributed by atoms with Crippen molar-refractivity contribution in [2.24, 2.45) is 0 Å². The molecule has 0 spiro atoms. The SMILES string of the molecule is COC(=O)Cn1cnc2c(sc3cccc(F)c32)c1=O. The van der Waals surface area contributed by atoms with E-state index in [9.17, 15) is 14.0 Å². The van der Waals surface area contributed by atoms with Crippen LogP contribution in [0.25, 0.3) is 20.3 Å². The summed E-state index contributed by atoms with van der Waals surface area (Å²) < 4.78 is 20.5. The smallest absolute Gasteiger partial charge is 0.325 e. The van der Waals surface area contributed by atoms with Crippen molar-refractivity contribution < 1.29 is 13.9 Å². The van der Waals surface area contributed by atoms with Crippen molar-refractivity contribution in [1.82, 2.24) is 9.55 Å². The van der Waals surface area contributed by atoms with Gasteiger partial charge in [-0.15, -0.1) is 11.3 Å². The fourth-order valence-corrected chi connectivity index (χ4v) is 3.10. The zero-order chi connectivity index (χ0) is 14.3. The Kier molecular flexibility index (Phi) is 2.98. The second-order valence-corrected chi connectivity index (χ2v) is 5.20. The van der Waals surface area contributed by atoms with Crippen molar-refractivity contribution in [1.29, 1.82) is 0 Å². The summed E-state index contributed by atoms with van der Waals surface area (Å²) >= 11 is 1.16. The van der Waals surface area contributed by atoms with Gasteiger partial charge in [-0.3, -0.25) is 14.2 Å². The topological polar surface area (TPSA) is 61.2 Å². The van der Waals surface area contributed by atoms with E-state index in [4.69, 9.17) is 0 Å². The number of carbonyl (C=O) groups is 1. The molecular weight excluding hydrogens is 283 g/mol. The molecule has 0 aliphatic rings. The Morgan fingerprint density at radius 1 is 1.50 bits per heavy atom. The fourth-order valence-electron chi connectivity index (χ4n) is 1.99. The summed E-state index contributed by atoms with van der Waals surface area (Å²) in [7, 11) is 1.24. The molecule has 0 aliphatic heterocycles. The molecule has 0 bridgehead atoms. The lowest BCUT2D eigenvalue weighted by Gasteiger charge is -2.02. The molecule has 3 rings (SSSR count). The highest BCUT2D eigenvalue weighted by Gasteiger charge is 2.15. The predicted octanol–water partition coefficient (Wildman–Crippen LogP) is 1.92. The Morgan fingerprint density at radius 2 is 2.30 bits per heavy atom. The summed E-state index contributed by atoms with van der Waals surface area (Å²) in [5.74, 6) is -0.952. The number of hydrogen-bond donors (Lipinski definition) is 0. The van der Waals surface area contributed by atoms with Gasteiger partial charge < -0.3 is 4.74 Å². The van der Waals surface area contributed by atoms with Crippen molar-refractivity contribution in [3.63, 3.8) is 0 Å². The van der Waals surface area contributed by atoms with E-state index in [2.05, 4.69) is 9.72 Å². The number of benzene rings is 1. The zero-order valence-electron chi connectivity index (χ0n) is 10.4. The van der Waals surface area contributed by atoms with Crippen LogP contribution in [0.2, 0.25) is 0 Å². The van der Waals surface area contributed by atoms with Gasteiger partial charge >= 0.3 is 5.97 Å². The molecule has 20 heavy (non-hydrogen) atoms. The van der Waals surface area contributed by atoms with Gasteiger partial charge in [0, 0.05) is 4.70 Å². The summed E-state index contributed by atoms with van der Waals surface area (Å²) in [6.45, 7) is -0.213. The number of thiophene rings is 1. The van der Waals surface area contributed by atoms with Gasteiger partial charge in [0.2, 0.25) is 0 Å². The van der Waals surface area contributed by atoms with Crippen LogP contribution >= 0.6 is 11.3 Å². The molecule has 0 aliphatic carbocycles. The zero-order valence-corrected chi connectivity index (χ0v) is 11.2. The summed E-state index contributed by atoms with van der Waals surface area (Å²) in [5.41, 5.74) is -0.0461. The molecule has 2 heterocycles. The molecule has 102 valence electrons. The minimum Gasteiger partial charge on any atom is -0.468 e. The van der Waals surface area contributed by atoms with E-state index in [-0.39, 0.29) is 12.1 Å². The molecule has 0 saturated heterocycles. The molecular formula is C13H9FN2O3S. The number of hydrogen-bond acceptors (Lipinski definition) is 5.